The van der Waals surface area contributed by atoms with Gasteiger partial charge >= 0.3 is 6.09 Å². The van der Waals surface area contributed by atoms with Crippen LogP contribution in [-0.2, 0) is 11.2 Å². The molecule has 2 rings (SSSR count). The van der Waals surface area contributed by atoms with Crippen molar-refractivity contribution in [3.63, 3.8) is 0 Å². The number of hydrogen-bond donors (Lipinski definition) is 3. The summed E-state index contributed by atoms with van der Waals surface area (Å²) in [6, 6.07) is -0.193. The molecule has 8 nitrogen and oxygen atoms in total. The smallest absolute Gasteiger partial charge is 0.410 e. The SMILES string of the molecule is CCN[C@H]1CN(C(=O)OC(C)(C)C)CC[C@H]1NC(=O)c1nc(Cl)c(CC)[nH]1. The Morgan fingerprint density at radius 3 is 2.59 bits per heavy atom. The van der Waals surface area contributed by atoms with Crippen LogP contribution in [0, 0.1) is 0 Å². The van der Waals surface area contributed by atoms with E-state index in [0.717, 1.165) is 12.2 Å². The number of rotatable bonds is 5. The molecule has 0 aliphatic carbocycles. The second-order valence-electron chi connectivity index (χ2n) is 7.67. The molecule has 0 bridgehead atoms. The van der Waals surface area contributed by atoms with Gasteiger partial charge < -0.3 is 25.3 Å². The maximum absolute atomic E-state index is 12.6. The van der Waals surface area contributed by atoms with Gasteiger partial charge in [0, 0.05) is 25.2 Å². The molecule has 152 valence electrons. The van der Waals surface area contributed by atoms with Crippen LogP contribution in [0.3, 0.4) is 0 Å². The monoisotopic (exact) mass is 399 g/mol. The van der Waals surface area contributed by atoms with Gasteiger partial charge in [-0.2, -0.15) is 0 Å². The third-order valence-electron chi connectivity index (χ3n) is 4.34. The minimum Gasteiger partial charge on any atom is -0.444 e. The van der Waals surface area contributed by atoms with Gasteiger partial charge in [-0.1, -0.05) is 25.4 Å². The molecule has 27 heavy (non-hydrogen) atoms. The fourth-order valence-corrected chi connectivity index (χ4v) is 3.32. The number of aromatic nitrogens is 2. The number of carbonyl (C=O) groups excluding carboxylic acids is 2. The number of H-pyrrole nitrogens is 1. The van der Waals surface area contributed by atoms with E-state index in [1.165, 1.54) is 0 Å². The number of nitrogens with one attached hydrogen (secondary N) is 3. The number of hydrogen-bond acceptors (Lipinski definition) is 5. The Morgan fingerprint density at radius 1 is 1.33 bits per heavy atom. The van der Waals surface area contributed by atoms with Gasteiger partial charge in [0.2, 0.25) is 0 Å². The fourth-order valence-electron chi connectivity index (χ4n) is 3.05. The van der Waals surface area contributed by atoms with Crippen LogP contribution < -0.4 is 10.6 Å². The Morgan fingerprint density at radius 2 is 2.04 bits per heavy atom. The molecule has 0 unspecified atom stereocenters. The van der Waals surface area contributed by atoms with Gasteiger partial charge in [-0.3, -0.25) is 4.79 Å². The number of amides is 2. The van der Waals surface area contributed by atoms with Gasteiger partial charge in [-0.15, -0.1) is 0 Å². The standard InChI is InChI=1S/C18H30ClN5O3/c1-6-11-14(19)23-15(21-11)16(25)22-12-8-9-24(10-13(12)20-7-2)17(26)27-18(3,4)5/h12-13,20H,6-10H2,1-5H3,(H,21,23)(H,22,25)/t12-,13+/m1/s1. The third-order valence-corrected chi connectivity index (χ3v) is 4.66. The van der Waals surface area contributed by atoms with Crippen LogP contribution in [0.4, 0.5) is 4.79 Å². The summed E-state index contributed by atoms with van der Waals surface area (Å²) >= 11 is 6.02. The van der Waals surface area contributed by atoms with Crippen LogP contribution >= 0.6 is 11.6 Å². The minimum atomic E-state index is -0.536. The first-order chi connectivity index (χ1) is 12.6. The molecular weight excluding hydrogens is 370 g/mol. The number of aryl methyl sites for hydroxylation is 1. The van der Waals surface area contributed by atoms with Crippen LogP contribution in [0.25, 0.3) is 0 Å². The van der Waals surface area contributed by atoms with Crippen molar-refractivity contribution in [2.75, 3.05) is 19.6 Å². The van der Waals surface area contributed by atoms with E-state index < -0.39 is 5.60 Å². The first-order valence-electron chi connectivity index (χ1n) is 9.41. The first kappa shape index (κ1) is 21.5. The van der Waals surface area contributed by atoms with E-state index in [1.807, 2.05) is 34.6 Å². The highest BCUT2D eigenvalue weighted by Gasteiger charge is 2.34. The third kappa shape index (κ3) is 5.84. The molecule has 2 heterocycles. The summed E-state index contributed by atoms with van der Waals surface area (Å²) in [6.45, 7) is 11.2. The molecule has 0 radical (unpaired) electrons. The average Bonchev–Trinajstić information content (AvgIpc) is 2.96. The van der Waals surface area contributed by atoms with Gasteiger partial charge in [0.25, 0.3) is 5.91 Å². The zero-order chi connectivity index (χ0) is 20.2. The molecule has 1 saturated heterocycles. The molecule has 0 aromatic carbocycles. The van der Waals surface area contributed by atoms with Crippen molar-refractivity contribution in [1.29, 1.82) is 0 Å². The summed E-state index contributed by atoms with van der Waals surface area (Å²) in [5, 5.41) is 6.68. The van der Waals surface area contributed by atoms with Crippen molar-refractivity contribution in [3.8, 4) is 0 Å². The summed E-state index contributed by atoms with van der Waals surface area (Å²) < 4.78 is 5.46. The summed E-state index contributed by atoms with van der Waals surface area (Å²) in [6.07, 6.45) is 0.964. The van der Waals surface area contributed by atoms with Crippen LogP contribution in [0.5, 0.6) is 0 Å². The molecule has 2 atom stereocenters. The highest BCUT2D eigenvalue weighted by Crippen LogP contribution is 2.17. The number of aromatic amines is 1. The van der Waals surface area contributed by atoms with Crippen molar-refractivity contribution in [3.05, 3.63) is 16.7 Å². The molecule has 1 fully saturated rings. The summed E-state index contributed by atoms with van der Waals surface area (Å²) in [5.74, 6) is -0.0862. The normalized spacial score (nSPS) is 20.4. The highest BCUT2D eigenvalue weighted by atomic mass is 35.5. The van der Waals surface area contributed by atoms with Crippen molar-refractivity contribution in [1.82, 2.24) is 25.5 Å². The largest absolute Gasteiger partial charge is 0.444 e. The van der Waals surface area contributed by atoms with E-state index in [9.17, 15) is 9.59 Å². The number of imidazole rings is 1. The first-order valence-corrected chi connectivity index (χ1v) is 9.79. The Balaban J connectivity index is 2.02. The van der Waals surface area contributed by atoms with Crippen molar-refractivity contribution in [2.45, 2.75) is 65.1 Å². The number of nitrogens with zero attached hydrogens (tertiary/aromatic N) is 2. The molecule has 1 aromatic rings. The highest BCUT2D eigenvalue weighted by molar-refractivity contribution is 6.30. The Bertz CT molecular complexity index is 670. The average molecular weight is 400 g/mol. The van der Waals surface area contributed by atoms with Crippen molar-refractivity contribution < 1.29 is 14.3 Å². The lowest BCUT2D eigenvalue weighted by Gasteiger charge is -2.39. The summed E-state index contributed by atoms with van der Waals surface area (Å²) in [7, 11) is 0. The molecular formula is C18H30ClN5O3. The van der Waals surface area contributed by atoms with E-state index in [2.05, 4.69) is 20.6 Å². The van der Waals surface area contributed by atoms with Gasteiger partial charge in [0.05, 0.1) is 5.69 Å². The molecule has 9 heteroatoms. The number of likely N-dealkylation sites (N-methyl/N-ethyl adjacent to an activating group) is 1. The molecule has 2 amide bonds. The lowest BCUT2D eigenvalue weighted by atomic mass is 9.99. The zero-order valence-electron chi connectivity index (χ0n) is 16.7. The van der Waals surface area contributed by atoms with Crippen molar-refractivity contribution in [2.24, 2.45) is 0 Å². The Hall–Kier alpha value is -1.80. The molecule has 3 N–H and O–H groups in total. The Labute approximate surface area is 165 Å². The Kier molecular flexibility index (Phi) is 7.11. The quantitative estimate of drug-likeness (QED) is 0.705. The van der Waals surface area contributed by atoms with E-state index in [-0.39, 0.29) is 29.9 Å². The second kappa shape index (κ2) is 8.93. The number of carbonyl (C=O) groups is 2. The van der Waals surface area contributed by atoms with Crippen LogP contribution in [0.2, 0.25) is 5.15 Å². The van der Waals surface area contributed by atoms with E-state index in [4.69, 9.17) is 16.3 Å². The molecule has 1 aliphatic heterocycles. The molecule has 1 aromatic heterocycles. The number of piperidine rings is 1. The summed E-state index contributed by atoms with van der Waals surface area (Å²) in [4.78, 5) is 33.6. The van der Waals surface area contributed by atoms with Crippen LogP contribution in [0.1, 0.15) is 57.4 Å². The van der Waals surface area contributed by atoms with Gasteiger partial charge in [0.15, 0.2) is 11.0 Å². The van der Waals surface area contributed by atoms with Crippen LogP contribution in [-0.4, -0.2) is 64.2 Å². The topological polar surface area (TPSA) is 99.4 Å². The van der Waals surface area contributed by atoms with Crippen LogP contribution in [0.15, 0.2) is 0 Å². The number of ether oxygens (including phenoxy) is 1. The fraction of sp³-hybridized carbons (Fsp3) is 0.722. The molecule has 1 aliphatic rings. The second-order valence-corrected chi connectivity index (χ2v) is 8.03. The zero-order valence-corrected chi connectivity index (χ0v) is 17.4. The van der Waals surface area contributed by atoms with Gasteiger partial charge in [-0.05, 0) is 40.2 Å². The maximum Gasteiger partial charge on any atom is 0.410 e. The predicted molar refractivity (Wildman–Crippen MR) is 104 cm³/mol. The lowest BCUT2D eigenvalue weighted by Crippen LogP contribution is -2.60. The number of halogens is 1. The minimum absolute atomic E-state index is 0.0729. The van der Waals surface area contributed by atoms with Gasteiger partial charge in [-0.25, -0.2) is 9.78 Å². The summed E-state index contributed by atoms with van der Waals surface area (Å²) in [5.41, 5.74) is 0.204. The van der Waals surface area contributed by atoms with E-state index >= 15 is 0 Å². The van der Waals surface area contributed by atoms with Gasteiger partial charge in [0.1, 0.15) is 5.60 Å². The van der Waals surface area contributed by atoms with E-state index in [1.54, 1.807) is 4.90 Å². The number of likely N-dealkylation sites (tertiary alicyclic amines) is 1. The predicted octanol–water partition coefficient (Wildman–Crippen LogP) is 2.34. The molecule has 0 spiro atoms. The van der Waals surface area contributed by atoms with Crippen molar-refractivity contribution >= 4 is 23.6 Å². The molecule has 0 saturated carbocycles. The van der Waals surface area contributed by atoms with E-state index in [0.29, 0.717) is 31.1 Å². The maximum atomic E-state index is 12.6. The lowest BCUT2D eigenvalue weighted by molar-refractivity contribution is 0.0164.